The van der Waals surface area contributed by atoms with E-state index in [9.17, 15) is 4.79 Å². The lowest BCUT2D eigenvalue weighted by atomic mass is 10.2. The van der Waals surface area contributed by atoms with Crippen molar-refractivity contribution in [3.05, 3.63) is 64.2 Å². The van der Waals surface area contributed by atoms with Gasteiger partial charge in [-0.15, -0.1) is 11.8 Å². The zero-order valence-electron chi connectivity index (χ0n) is 12.2. The van der Waals surface area contributed by atoms with E-state index >= 15 is 0 Å². The molecule has 21 heavy (non-hydrogen) atoms. The standard InChI is InChI=1S/C17H18ClNOS/c1-12-7-8-16(13(2)9-12)21-11-17(20)19-10-14-5-3-4-6-15(14)18/h3-9H,10-11H2,1-2H3,(H,19,20). The molecule has 0 atom stereocenters. The maximum atomic E-state index is 11.9. The first-order chi connectivity index (χ1) is 10.1. The minimum Gasteiger partial charge on any atom is -0.351 e. The highest BCUT2D eigenvalue weighted by atomic mass is 35.5. The van der Waals surface area contributed by atoms with Crippen molar-refractivity contribution in [1.82, 2.24) is 5.32 Å². The average molecular weight is 320 g/mol. The summed E-state index contributed by atoms with van der Waals surface area (Å²) >= 11 is 7.62. The molecule has 2 aromatic rings. The zero-order valence-corrected chi connectivity index (χ0v) is 13.7. The summed E-state index contributed by atoms with van der Waals surface area (Å²) in [5.74, 6) is 0.425. The Morgan fingerprint density at radius 2 is 1.95 bits per heavy atom. The van der Waals surface area contributed by atoms with E-state index in [0.717, 1.165) is 10.5 Å². The van der Waals surface area contributed by atoms with Crippen molar-refractivity contribution < 1.29 is 4.79 Å². The normalized spacial score (nSPS) is 10.4. The monoisotopic (exact) mass is 319 g/mol. The Kier molecular flexibility index (Phi) is 5.71. The lowest BCUT2D eigenvalue weighted by molar-refractivity contribution is -0.118. The topological polar surface area (TPSA) is 29.1 Å². The van der Waals surface area contributed by atoms with Gasteiger partial charge in [0.05, 0.1) is 5.75 Å². The van der Waals surface area contributed by atoms with Crippen LogP contribution in [0, 0.1) is 13.8 Å². The molecule has 0 radical (unpaired) electrons. The van der Waals surface area contributed by atoms with E-state index in [4.69, 9.17) is 11.6 Å². The number of hydrogen-bond donors (Lipinski definition) is 1. The van der Waals surface area contributed by atoms with Gasteiger partial charge in [-0.25, -0.2) is 0 Å². The number of carbonyl (C=O) groups is 1. The first kappa shape index (κ1) is 15.9. The van der Waals surface area contributed by atoms with E-state index in [-0.39, 0.29) is 5.91 Å². The Hall–Kier alpha value is -1.45. The van der Waals surface area contributed by atoms with Crippen LogP contribution in [0.2, 0.25) is 5.02 Å². The molecule has 2 aromatic carbocycles. The van der Waals surface area contributed by atoms with Gasteiger partial charge in [0, 0.05) is 16.5 Å². The number of rotatable bonds is 5. The molecule has 0 saturated heterocycles. The van der Waals surface area contributed by atoms with Crippen LogP contribution in [0.3, 0.4) is 0 Å². The maximum absolute atomic E-state index is 11.9. The summed E-state index contributed by atoms with van der Waals surface area (Å²) in [4.78, 5) is 13.1. The lowest BCUT2D eigenvalue weighted by Crippen LogP contribution is -2.24. The second kappa shape index (κ2) is 7.53. The van der Waals surface area contributed by atoms with Gasteiger partial charge < -0.3 is 5.32 Å². The molecule has 4 heteroatoms. The molecular weight excluding hydrogens is 302 g/mol. The van der Waals surface area contributed by atoms with Gasteiger partial charge in [-0.2, -0.15) is 0 Å². The molecule has 0 saturated carbocycles. The van der Waals surface area contributed by atoms with Crippen molar-refractivity contribution in [2.45, 2.75) is 25.3 Å². The number of nitrogens with one attached hydrogen (secondary N) is 1. The molecular formula is C17H18ClNOS. The van der Waals surface area contributed by atoms with Crippen molar-refractivity contribution in [3.63, 3.8) is 0 Å². The van der Waals surface area contributed by atoms with Gasteiger partial charge in [-0.05, 0) is 37.1 Å². The van der Waals surface area contributed by atoms with Crippen LogP contribution >= 0.6 is 23.4 Å². The number of carbonyl (C=O) groups excluding carboxylic acids is 1. The third kappa shape index (κ3) is 4.80. The third-order valence-electron chi connectivity index (χ3n) is 3.12. The SMILES string of the molecule is Cc1ccc(SCC(=O)NCc2ccccc2Cl)c(C)c1. The average Bonchev–Trinajstić information content (AvgIpc) is 2.45. The van der Waals surface area contributed by atoms with E-state index in [1.165, 1.54) is 11.1 Å². The fourth-order valence-electron chi connectivity index (χ4n) is 1.99. The van der Waals surface area contributed by atoms with Gasteiger partial charge in [0.15, 0.2) is 0 Å². The first-order valence-corrected chi connectivity index (χ1v) is 8.13. The number of hydrogen-bond acceptors (Lipinski definition) is 2. The predicted octanol–water partition coefficient (Wildman–Crippen LogP) is 4.37. The molecule has 0 aromatic heterocycles. The van der Waals surface area contributed by atoms with Crippen molar-refractivity contribution in [1.29, 1.82) is 0 Å². The van der Waals surface area contributed by atoms with Crippen LogP contribution in [-0.4, -0.2) is 11.7 Å². The van der Waals surface area contributed by atoms with Crippen LogP contribution in [0.25, 0.3) is 0 Å². The Morgan fingerprint density at radius 1 is 1.19 bits per heavy atom. The summed E-state index contributed by atoms with van der Waals surface area (Å²) < 4.78 is 0. The van der Waals surface area contributed by atoms with Gasteiger partial charge in [-0.1, -0.05) is 47.5 Å². The van der Waals surface area contributed by atoms with E-state index in [1.54, 1.807) is 11.8 Å². The number of benzene rings is 2. The number of aryl methyl sites for hydroxylation is 2. The maximum Gasteiger partial charge on any atom is 0.230 e. The Bertz CT molecular complexity index is 642. The summed E-state index contributed by atoms with van der Waals surface area (Å²) in [6, 6.07) is 13.8. The van der Waals surface area contributed by atoms with Crippen LogP contribution in [0.4, 0.5) is 0 Å². The Labute approximate surface area is 134 Å². The second-order valence-electron chi connectivity index (χ2n) is 4.93. The van der Waals surface area contributed by atoms with Gasteiger partial charge in [0.25, 0.3) is 0 Å². The van der Waals surface area contributed by atoms with Crippen LogP contribution in [0.1, 0.15) is 16.7 Å². The fraction of sp³-hybridized carbons (Fsp3) is 0.235. The van der Waals surface area contributed by atoms with E-state index in [2.05, 4.69) is 37.4 Å². The molecule has 0 aliphatic heterocycles. The lowest BCUT2D eigenvalue weighted by Gasteiger charge is -2.08. The zero-order chi connectivity index (χ0) is 15.2. The Balaban J connectivity index is 1.84. The molecule has 2 nitrogen and oxygen atoms in total. The molecule has 110 valence electrons. The first-order valence-electron chi connectivity index (χ1n) is 6.76. The molecule has 0 heterocycles. The van der Waals surface area contributed by atoms with Crippen LogP contribution < -0.4 is 5.32 Å². The number of amides is 1. The van der Waals surface area contributed by atoms with E-state index < -0.39 is 0 Å². The van der Waals surface area contributed by atoms with Crippen LogP contribution in [0.15, 0.2) is 47.4 Å². The molecule has 0 bridgehead atoms. The predicted molar refractivity (Wildman–Crippen MR) is 89.9 cm³/mol. The van der Waals surface area contributed by atoms with Crippen LogP contribution in [-0.2, 0) is 11.3 Å². The van der Waals surface area contributed by atoms with Crippen molar-refractivity contribution in [2.75, 3.05) is 5.75 Å². The quantitative estimate of drug-likeness (QED) is 0.829. The smallest absolute Gasteiger partial charge is 0.230 e. The minimum atomic E-state index is 0.0138. The van der Waals surface area contributed by atoms with E-state index in [0.29, 0.717) is 17.3 Å². The summed E-state index contributed by atoms with van der Waals surface area (Å²) in [6.45, 7) is 4.60. The Morgan fingerprint density at radius 3 is 2.67 bits per heavy atom. The molecule has 0 fully saturated rings. The molecule has 0 spiro atoms. The number of halogens is 1. The van der Waals surface area contributed by atoms with Gasteiger partial charge in [-0.3, -0.25) is 4.79 Å². The summed E-state index contributed by atoms with van der Waals surface area (Å²) in [5, 5.41) is 3.58. The largest absolute Gasteiger partial charge is 0.351 e. The van der Waals surface area contributed by atoms with Crippen molar-refractivity contribution in [3.8, 4) is 0 Å². The molecule has 0 aliphatic rings. The summed E-state index contributed by atoms with van der Waals surface area (Å²) in [7, 11) is 0. The van der Waals surface area contributed by atoms with Crippen molar-refractivity contribution >= 4 is 29.3 Å². The van der Waals surface area contributed by atoms with Gasteiger partial charge >= 0.3 is 0 Å². The highest BCUT2D eigenvalue weighted by Crippen LogP contribution is 2.23. The minimum absolute atomic E-state index is 0.0138. The summed E-state index contributed by atoms with van der Waals surface area (Å²) in [6.07, 6.45) is 0. The summed E-state index contributed by atoms with van der Waals surface area (Å²) in [5.41, 5.74) is 3.38. The highest BCUT2D eigenvalue weighted by Gasteiger charge is 2.06. The molecule has 2 rings (SSSR count). The second-order valence-corrected chi connectivity index (χ2v) is 6.35. The van der Waals surface area contributed by atoms with Gasteiger partial charge in [0.2, 0.25) is 5.91 Å². The highest BCUT2D eigenvalue weighted by molar-refractivity contribution is 8.00. The molecule has 1 amide bonds. The fourth-order valence-corrected chi connectivity index (χ4v) is 3.03. The third-order valence-corrected chi connectivity index (χ3v) is 4.67. The van der Waals surface area contributed by atoms with Gasteiger partial charge in [0.1, 0.15) is 0 Å². The molecule has 1 N–H and O–H groups in total. The molecule has 0 unspecified atom stereocenters. The molecule has 0 aliphatic carbocycles. The van der Waals surface area contributed by atoms with E-state index in [1.807, 2.05) is 24.3 Å². The number of thioether (sulfide) groups is 1. The van der Waals surface area contributed by atoms with Crippen molar-refractivity contribution in [2.24, 2.45) is 0 Å². The van der Waals surface area contributed by atoms with Crippen LogP contribution in [0.5, 0.6) is 0 Å².